The van der Waals surface area contributed by atoms with E-state index in [1.807, 2.05) is 24.3 Å². The van der Waals surface area contributed by atoms with E-state index >= 15 is 0 Å². The zero-order valence-corrected chi connectivity index (χ0v) is 10.8. The summed E-state index contributed by atoms with van der Waals surface area (Å²) in [4.78, 5) is 19.8. The summed E-state index contributed by atoms with van der Waals surface area (Å²) in [6.07, 6.45) is 0. The predicted molar refractivity (Wildman–Crippen MR) is 72.0 cm³/mol. The Labute approximate surface area is 115 Å². The maximum atomic E-state index is 10.5. The molecule has 0 saturated carbocycles. The Balaban J connectivity index is 1.93. The largest absolute Gasteiger partial charge is 0.435 e. The summed E-state index contributed by atoms with van der Waals surface area (Å²) in [6.45, 7) is 0.256. The molecule has 0 amide bonds. The summed E-state index contributed by atoms with van der Waals surface area (Å²) in [5.74, 6) is 0.0587. The minimum atomic E-state index is -0.959. The van der Waals surface area contributed by atoms with E-state index in [0.717, 1.165) is 0 Å². The molecule has 0 aromatic heterocycles. The molecule has 3 rings (SSSR count). The smallest absolute Gasteiger partial charge is 0.280 e. The lowest BCUT2D eigenvalue weighted by Gasteiger charge is -2.11. The highest BCUT2D eigenvalue weighted by Crippen LogP contribution is 2.44. The van der Waals surface area contributed by atoms with E-state index < -0.39 is 5.43 Å². The highest BCUT2D eigenvalue weighted by atomic mass is 35.5. The molecule has 0 saturated heterocycles. The van der Waals surface area contributed by atoms with Crippen molar-refractivity contribution in [1.29, 1.82) is 0 Å². The minimum Gasteiger partial charge on any atom is -0.280 e. The van der Waals surface area contributed by atoms with Gasteiger partial charge in [0.05, 0.1) is 0 Å². The average Bonchev–Trinajstić information content (AvgIpc) is 2.74. The molecule has 19 heavy (non-hydrogen) atoms. The van der Waals surface area contributed by atoms with Crippen LogP contribution in [0.3, 0.4) is 0 Å². The Hall–Kier alpha value is -1.84. The van der Waals surface area contributed by atoms with Gasteiger partial charge in [-0.3, -0.25) is 4.89 Å². The summed E-state index contributed by atoms with van der Waals surface area (Å²) >= 11 is 5.08. The van der Waals surface area contributed by atoms with Crippen LogP contribution in [0.1, 0.15) is 17.0 Å². The number of fused-ring (bicyclic) bond motifs is 3. The second-order valence-electron chi connectivity index (χ2n) is 4.33. The maximum Gasteiger partial charge on any atom is 0.435 e. The molecule has 3 nitrogen and oxygen atoms in total. The second-order valence-corrected chi connectivity index (χ2v) is 4.64. The predicted octanol–water partition coefficient (Wildman–Crippen LogP) is 4.11. The SMILES string of the molecule is O=C(Cl)OOCC1c2ccccc2-c2ccccc21. The van der Waals surface area contributed by atoms with E-state index in [1.165, 1.54) is 22.3 Å². The van der Waals surface area contributed by atoms with E-state index in [4.69, 9.17) is 16.5 Å². The van der Waals surface area contributed by atoms with Crippen LogP contribution < -0.4 is 0 Å². The number of rotatable bonds is 3. The van der Waals surface area contributed by atoms with E-state index in [2.05, 4.69) is 29.2 Å². The molecule has 0 aliphatic heterocycles. The van der Waals surface area contributed by atoms with Crippen molar-refractivity contribution >= 4 is 17.0 Å². The van der Waals surface area contributed by atoms with Crippen molar-refractivity contribution in [1.82, 2.24) is 0 Å². The summed E-state index contributed by atoms with van der Waals surface area (Å²) in [6, 6.07) is 16.3. The van der Waals surface area contributed by atoms with E-state index in [9.17, 15) is 4.79 Å². The fourth-order valence-electron chi connectivity index (χ4n) is 2.59. The van der Waals surface area contributed by atoms with Gasteiger partial charge in [0.2, 0.25) is 0 Å². The van der Waals surface area contributed by atoms with Gasteiger partial charge in [0.1, 0.15) is 6.61 Å². The Morgan fingerprint density at radius 2 is 1.53 bits per heavy atom. The van der Waals surface area contributed by atoms with Gasteiger partial charge in [0.15, 0.2) is 0 Å². The molecule has 4 heteroatoms. The summed E-state index contributed by atoms with van der Waals surface area (Å²) in [5, 5.41) is 0. The molecule has 0 N–H and O–H groups in total. The maximum absolute atomic E-state index is 10.5. The normalized spacial score (nSPS) is 12.9. The molecule has 0 bridgehead atoms. The second kappa shape index (κ2) is 5.03. The van der Waals surface area contributed by atoms with Crippen LogP contribution in [0.15, 0.2) is 48.5 Å². The number of hydrogen-bond donors (Lipinski definition) is 0. The van der Waals surface area contributed by atoms with Gasteiger partial charge >= 0.3 is 5.43 Å². The first kappa shape index (κ1) is 12.2. The van der Waals surface area contributed by atoms with Gasteiger partial charge in [-0.1, -0.05) is 48.5 Å². The first-order chi connectivity index (χ1) is 9.27. The number of benzene rings is 2. The molecule has 2 aromatic carbocycles. The van der Waals surface area contributed by atoms with Crippen molar-refractivity contribution < 1.29 is 14.6 Å². The molecule has 0 fully saturated rings. The van der Waals surface area contributed by atoms with Crippen molar-refractivity contribution in [3.05, 3.63) is 59.7 Å². The number of carbonyl (C=O) groups is 1. The molecule has 1 aliphatic carbocycles. The van der Waals surface area contributed by atoms with Gasteiger partial charge in [-0.2, -0.15) is 4.89 Å². The number of carbonyl (C=O) groups excluding carboxylic acids is 1. The quantitative estimate of drug-likeness (QED) is 0.480. The van der Waals surface area contributed by atoms with Crippen LogP contribution in [0.25, 0.3) is 11.1 Å². The number of halogens is 1. The van der Waals surface area contributed by atoms with Crippen molar-refractivity contribution in [2.24, 2.45) is 0 Å². The average molecular weight is 275 g/mol. The molecule has 0 radical (unpaired) electrons. The van der Waals surface area contributed by atoms with Gasteiger partial charge < -0.3 is 0 Å². The van der Waals surface area contributed by atoms with Gasteiger partial charge in [-0.25, -0.2) is 4.79 Å². The Morgan fingerprint density at radius 3 is 2.05 bits per heavy atom. The lowest BCUT2D eigenvalue weighted by atomic mass is 9.98. The summed E-state index contributed by atoms with van der Waals surface area (Å²) in [7, 11) is 0. The monoisotopic (exact) mass is 274 g/mol. The zero-order valence-electron chi connectivity index (χ0n) is 10.0. The van der Waals surface area contributed by atoms with E-state index in [1.54, 1.807) is 0 Å². The lowest BCUT2D eigenvalue weighted by Crippen LogP contribution is -2.08. The van der Waals surface area contributed by atoms with Crippen molar-refractivity contribution in [3.63, 3.8) is 0 Å². The highest BCUT2D eigenvalue weighted by Gasteiger charge is 2.28. The van der Waals surface area contributed by atoms with Crippen molar-refractivity contribution in [2.75, 3.05) is 6.61 Å². The Kier molecular flexibility index (Phi) is 3.23. The minimum absolute atomic E-state index is 0.0587. The topological polar surface area (TPSA) is 35.5 Å². The molecule has 1 aliphatic rings. The van der Waals surface area contributed by atoms with Crippen LogP contribution in [0, 0.1) is 0 Å². The van der Waals surface area contributed by atoms with Crippen LogP contribution in [0.2, 0.25) is 0 Å². The first-order valence-electron chi connectivity index (χ1n) is 5.94. The number of hydrogen-bond acceptors (Lipinski definition) is 3. The third-order valence-corrected chi connectivity index (χ3v) is 3.38. The van der Waals surface area contributed by atoms with Crippen molar-refractivity contribution in [2.45, 2.75) is 5.92 Å². The van der Waals surface area contributed by atoms with E-state index in [0.29, 0.717) is 0 Å². The fourth-order valence-corrected chi connectivity index (χ4v) is 2.63. The standard InChI is InChI=1S/C15H11ClO3/c16-15(17)19-18-9-14-12-7-3-1-5-10(12)11-6-2-4-8-13(11)14/h1-8,14H,9H2. The Morgan fingerprint density at radius 1 is 1.00 bits per heavy atom. The highest BCUT2D eigenvalue weighted by molar-refractivity contribution is 6.61. The van der Waals surface area contributed by atoms with Crippen LogP contribution in [0.5, 0.6) is 0 Å². The third kappa shape index (κ3) is 2.23. The van der Waals surface area contributed by atoms with Crippen molar-refractivity contribution in [3.8, 4) is 11.1 Å². The van der Waals surface area contributed by atoms with Crippen LogP contribution in [-0.2, 0) is 9.78 Å². The van der Waals surface area contributed by atoms with Gasteiger partial charge in [0, 0.05) is 17.5 Å². The lowest BCUT2D eigenvalue weighted by molar-refractivity contribution is -0.232. The zero-order chi connectivity index (χ0) is 13.2. The summed E-state index contributed by atoms with van der Waals surface area (Å²) < 4.78 is 0. The molecule has 0 unspecified atom stereocenters. The van der Waals surface area contributed by atoms with Gasteiger partial charge in [-0.15, -0.1) is 0 Å². The molecule has 0 spiro atoms. The van der Waals surface area contributed by atoms with E-state index in [-0.39, 0.29) is 12.5 Å². The van der Waals surface area contributed by atoms with Crippen LogP contribution >= 0.6 is 11.6 Å². The molecular weight excluding hydrogens is 264 g/mol. The fraction of sp³-hybridized carbons (Fsp3) is 0.133. The van der Waals surface area contributed by atoms with Crippen LogP contribution in [-0.4, -0.2) is 12.0 Å². The van der Waals surface area contributed by atoms with Gasteiger partial charge in [-0.05, 0) is 22.3 Å². The van der Waals surface area contributed by atoms with Crippen LogP contribution in [0.4, 0.5) is 4.79 Å². The first-order valence-corrected chi connectivity index (χ1v) is 6.32. The summed E-state index contributed by atoms with van der Waals surface area (Å²) in [5.41, 5.74) is 3.79. The molecule has 2 aromatic rings. The molecule has 96 valence electrons. The Bertz CT molecular complexity index is 579. The third-order valence-electron chi connectivity index (χ3n) is 3.32. The van der Waals surface area contributed by atoms with Gasteiger partial charge in [0.25, 0.3) is 0 Å². The molecule has 0 heterocycles. The molecule has 0 atom stereocenters. The molecular formula is C15H11ClO3.